The van der Waals surface area contributed by atoms with Gasteiger partial charge in [0.2, 0.25) is 10.0 Å². The minimum Gasteiger partial charge on any atom is -0.392 e. The molecule has 1 unspecified atom stereocenters. The molecule has 0 fully saturated rings. The van der Waals surface area contributed by atoms with Gasteiger partial charge in [-0.25, -0.2) is 17.5 Å². The summed E-state index contributed by atoms with van der Waals surface area (Å²) in [7, 11) is -4.07. The molecule has 0 saturated heterocycles. The van der Waals surface area contributed by atoms with Crippen LogP contribution in [0.2, 0.25) is 10.0 Å². The molecule has 0 bridgehead atoms. The van der Waals surface area contributed by atoms with Crippen molar-refractivity contribution in [2.45, 2.75) is 24.8 Å². The number of halogens is 3. The molecule has 0 aliphatic carbocycles. The Morgan fingerprint density at radius 1 is 1.40 bits per heavy atom. The molecule has 1 rings (SSSR count). The average molecular weight is 359 g/mol. The summed E-state index contributed by atoms with van der Waals surface area (Å²) in [6.45, 7) is 3.49. The Kier molecular flexibility index (Phi) is 5.74. The molecule has 0 saturated carbocycles. The van der Waals surface area contributed by atoms with E-state index in [0.29, 0.717) is 0 Å². The zero-order chi connectivity index (χ0) is 15.7. The summed E-state index contributed by atoms with van der Waals surface area (Å²) >= 11 is 16.0. The summed E-state index contributed by atoms with van der Waals surface area (Å²) in [6, 6.07) is 1.47. The fourth-order valence-corrected chi connectivity index (χ4v) is 3.98. The minimum absolute atomic E-state index is 0.00543. The molecule has 9 heteroatoms. The molecule has 3 N–H and O–H groups in total. The van der Waals surface area contributed by atoms with E-state index < -0.39 is 31.8 Å². The molecule has 1 aromatic carbocycles. The van der Waals surface area contributed by atoms with Crippen LogP contribution in [0.15, 0.2) is 17.0 Å². The van der Waals surface area contributed by atoms with Gasteiger partial charge in [-0.15, -0.1) is 0 Å². The van der Waals surface area contributed by atoms with Gasteiger partial charge in [-0.1, -0.05) is 49.3 Å². The molecule has 4 nitrogen and oxygen atoms in total. The lowest BCUT2D eigenvalue weighted by atomic mass is 10.1. The third kappa shape index (κ3) is 3.79. The number of rotatable bonds is 5. The van der Waals surface area contributed by atoms with Crippen LogP contribution in [0.25, 0.3) is 0 Å². The van der Waals surface area contributed by atoms with Gasteiger partial charge in [0.25, 0.3) is 0 Å². The predicted octanol–water partition coefficient (Wildman–Crippen LogP) is 2.72. The molecular formula is C11H13Cl2FN2O2S2. The highest BCUT2D eigenvalue weighted by Gasteiger charge is 2.27. The van der Waals surface area contributed by atoms with Crippen LogP contribution < -0.4 is 10.5 Å². The SMILES string of the molecule is CC(C)C(NS(=O)(=O)c1ccc(Cl)c(F)c1Cl)C(N)=S. The maximum atomic E-state index is 13.6. The van der Waals surface area contributed by atoms with E-state index in [9.17, 15) is 12.8 Å². The van der Waals surface area contributed by atoms with Crippen LogP contribution in [0.5, 0.6) is 0 Å². The summed E-state index contributed by atoms with van der Waals surface area (Å²) in [4.78, 5) is -0.419. The predicted molar refractivity (Wildman–Crippen MR) is 82.2 cm³/mol. The second kappa shape index (κ2) is 6.53. The molecule has 20 heavy (non-hydrogen) atoms. The number of thiocarbonyl (C=S) groups is 1. The Balaban J connectivity index is 3.25. The number of benzene rings is 1. The van der Waals surface area contributed by atoms with E-state index in [2.05, 4.69) is 4.72 Å². The largest absolute Gasteiger partial charge is 0.392 e. The maximum Gasteiger partial charge on any atom is 0.242 e. The van der Waals surface area contributed by atoms with Crippen LogP contribution in [0.1, 0.15) is 13.8 Å². The van der Waals surface area contributed by atoms with E-state index >= 15 is 0 Å². The van der Waals surface area contributed by atoms with Gasteiger partial charge in [0.15, 0.2) is 5.82 Å². The lowest BCUT2D eigenvalue weighted by Gasteiger charge is -2.21. The van der Waals surface area contributed by atoms with E-state index in [1.807, 2.05) is 0 Å². The highest BCUT2D eigenvalue weighted by molar-refractivity contribution is 7.89. The summed E-state index contributed by atoms with van der Waals surface area (Å²) in [6.07, 6.45) is 0. The average Bonchev–Trinajstić information content (AvgIpc) is 2.32. The minimum atomic E-state index is -4.07. The van der Waals surface area contributed by atoms with Crippen molar-refractivity contribution in [3.8, 4) is 0 Å². The zero-order valence-corrected chi connectivity index (χ0v) is 13.8. The molecule has 1 atom stereocenters. The maximum absolute atomic E-state index is 13.6. The van der Waals surface area contributed by atoms with Gasteiger partial charge >= 0.3 is 0 Å². The third-order valence-electron chi connectivity index (χ3n) is 2.54. The lowest BCUT2D eigenvalue weighted by Crippen LogP contribution is -2.46. The van der Waals surface area contributed by atoms with E-state index in [1.165, 1.54) is 0 Å². The normalized spacial score (nSPS) is 13.5. The van der Waals surface area contributed by atoms with Crippen molar-refractivity contribution in [2.75, 3.05) is 0 Å². The third-order valence-corrected chi connectivity index (χ3v) is 5.06. The van der Waals surface area contributed by atoms with Gasteiger partial charge in [0.05, 0.1) is 21.1 Å². The van der Waals surface area contributed by atoms with Crippen molar-refractivity contribution in [3.05, 3.63) is 28.0 Å². The number of hydrogen-bond donors (Lipinski definition) is 2. The Hall–Kier alpha value is -0.470. The van der Waals surface area contributed by atoms with Crippen molar-refractivity contribution < 1.29 is 12.8 Å². The van der Waals surface area contributed by atoms with Crippen molar-refractivity contribution in [3.63, 3.8) is 0 Å². The van der Waals surface area contributed by atoms with E-state index in [1.54, 1.807) is 13.8 Å². The van der Waals surface area contributed by atoms with Crippen molar-refractivity contribution in [1.29, 1.82) is 0 Å². The Morgan fingerprint density at radius 3 is 2.40 bits per heavy atom. The molecule has 0 aliphatic rings. The first-order valence-electron chi connectivity index (χ1n) is 5.53. The van der Waals surface area contributed by atoms with Gasteiger partial charge in [-0.2, -0.15) is 0 Å². The van der Waals surface area contributed by atoms with Crippen molar-refractivity contribution >= 4 is 50.4 Å². The highest BCUT2D eigenvalue weighted by Crippen LogP contribution is 2.29. The van der Waals surface area contributed by atoms with Crippen LogP contribution in [-0.2, 0) is 10.0 Å². The molecule has 0 spiro atoms. The Bertz CT molecular complexity index is 636. The number of sulfonamides is 1. The highest BCUT2D eigenvalue weighted by atomic mass is 35.5. The van der Waals surface area contributed by atoms with Crippen LogP contribution in [0.3, 0.4) is 0 Å². The van der Waals surface area contributed by atoms with Gasteiger partial charge < -0.3 is 5.73 Å². The first kappa shape index (κ1) is 17.6. The summed E-state index contributed by atoms with van der Waals surface area (Å²) in [5, 5.41) is -0.834. The monoisotopic (exact) mass is 358 g/mol. The van der Waals surface area contributed by atoms with E-state index in [4.69, 9.17) is 41.2 Å². The van der Waals surface area contributed by atoms with Gasteiger partial charge in [-0.05, 0) is 18.1 Å². The standard InChI is InChI=1S/C11H13Cl2FN2O2S2/c1-5(2)10(11(15)19)16-20(17,18)7-4-3-6(12)9(14)8(7)13/h3-5,10,16H,1-2H3,(H2,15,19). The van der Waals surface area contributed by atoms with E-state index in [0.717, 1.165) is 12.1 Å². The quantitative estimate of drug-likeness (QED) is 0.626. The van der Waals surface area contributed by atoms with Crippen molar-refractivity contribution in [1.82, 2.24) is 4.72 Å². The molecule has 112 valence electrons. The first-order valence-corrected chi connectivity index (χ1v) is 8.17. The molecule has 0 aliphatic heterocycles. The van der Waals surface area contributed by atoms with Crippen LogP contribution in [-0.4, -0.2) is 19.4 Å². The zero-order valence-electron chi connectivity index (χ0n) is 10.7. The topological polar surface area (TPSA) is 72.2 Å². The second-order valence-corrected chi connectivity index (χ2v) is 7.36. The Morgan fingerprint density at radius 2 is 1.95 bits per heavy atom. The molecule has 0 radical (unpaired) electrons. The molecule has 0 amide bonds. The second-order valence-electron chi connectivity index (χ2n) is 4.42. The molecular weight excluding hydrogens is 346 g/mol. The molecule has 0 aromatic heterocycles. The van der Waals surface area contributed by atoms with Crippen LogP contribution >= 0.6 is 35.4 Å². The summed E-state index contributed by atoms with van der Waals surface area (Å²) in [5.74, 6) is -1.16. The van der Waals surface area contributed by atoms with Gasteiger partial charge in [0, 0.05) is 0 Å². The fraction of sp³-hybridized carbons (Fsp3) is 0.364. The Labute approximate surface area is 132 Å². The lowest BCUT2D eigenvalue weighted by molar-refractivity contribution is 0.525. The molecule has 1 aromatic rings. The van der Waals surface area contributed by atoms with Crippen LogP contribution in [0.4, 0.5) is 4.39 Å². The summed E-state index contributed by atoms with van der Waals surface area (Å²) < 4.78 is 40.3. The van der Waals surface area contributed by atoms with Crippen LogP contribution in [0, 0.1) is 11.7 Å². The van der Waals surface area contributed by atoms with E-state index in [-0.39, 0.29) is 15.9 Å². The number of hydrogen-bond acceptors (Lipinski definition) is 3. The van der Waals surface area contributed by atoms with Gasteiger partial charge in [0.1, 0.15) is 4.90 Å². The van der Waals surface area contributed by atoms with Gasteiger partial charge in [-0.3, -0.25) is 0 Å². The molecule has 0 heterocycles. The summed E-state index contributed by atoms with van der Waals surface area (Å²) in [5.41, 5.74) is 5.49. The van der Waals surface area contributed by atoms with Crippen molar-refractivity contribution in [2.24, 2.45) is 11.7 Å². The smallest absolute Gasteiger partial charge is 0.242 e. The number of nitrogens with one attached hydrogen (secondary N) is 1. The fourth-order valence-electron chi connectivity index (χ4n) is 1.47. The number of nitrogens with two attached hydrogens (primary N) is 1. The first-order chi connectivity index (χ1) is 9.08.